The standard InChI is InChI=1S/C13H12ClN3O/c1-9-5-10(6-16-12(9)14)7-17-13(18)11-3-2-4-15-8-11/h2-6,8H,7H2,1H3,(H,17,18). The summed E-state index contributed by atoms with van der Waals surface area (Å²) < 4.78 is 0. The van der Waals surface area contributed by atoms with Crippen molar-refractivity contribution >= 4 is 17.5 Å². The van der Waals surface area contributed by atoms with E-state index in [1.807, 2.05) is 13.0 Å². The first-order valence-corrected chi connectivity index (χ1v) is 5.84. The lowest BCUT2D eigenvalue weighted by molar-refractivity contribution is 0.0950. The molecular weight excluding hydrogens is 250 g/mol. The van der Waals surface area contributed by atoms with Crippen LogP contribution in [0.2, 0.25) is 5.15 Å². The molecule has 0 aliphatic rings. The van der Waals surface area contributed by atoms with Crippen LogP contribution in [-0.2, 0) is 6.54 Å². The van der Waals surface area contributed by atoms with Crippen LogP contribution in [0.5, 0.6) is 0 Å². The molecule has 0 saturated carbocycles. The highest BCUT2D eigenvalue weighted by atomic mass is 35.5. The topological polar surface area (TPSA) is 54.9 Å². The number of hydrogen-bond donors (Lipinski definition) is 1. The molecule has 0 aliphatic carbocycles. The molecule has 2 heterocycles. The molecule has 0 bridgehead atoms. The van der Waals surface area contributed by atoms with Gasteiger partial charge in [0.15, 0.2) is 0 Å². The fourth-order valence-corrected chi connectivity index (χ4v) is 1.60. The van der Waals surface area contributed by atoms with Gasteiger partial charge in [0.25, 0.3) is 5.91 Å². The van der Waals surface area contributed by atoms with Crippen LogP contribution < -0.4 is 5.32 Å². The number of carbonyl (C=O) groups is 1. The first-order chi connectivity index (χ1) is 8.66. The molecule has 18 heavy (non-hydrogen) atoms. The fraction of sp³-hybridized carbons (Fsp3) is 0.154. The zero-order valence-corrected chi connectivity index (χ0v) is 10.6. The van der Waals surface area contributed by atoms with Gasteiger partial charge in [-0.05, 0) is 36.2 Å². The number of rotatable bonds is 3. The maximum atomic E-state index is 11.8. The Morgan fingerprint density at radius 1 is 1.44 bits per heavy atom. The van der Waals surface area contributed by atoms with Crippen LogP contribution in [0.25, 0.3) is 0 Å². The molecule has 0 radical (unpaired) electrons. The number of nitrogens with one attached hydrogen (secondary N) is 1. The van der Waals surface area contributed by atoms with Gasteiger partial charge in [-0.25, -0.2) is 4.98 Å². The number of nitrogens with zero attached hydrogens (tertiary/aromatic N) is 2. The van der Waals surface area contributed by atoms with Crippen molar-refractivity contribution in [1.82, 2.24) is 15.3 Å². The molecule has 2 aromatic rings. The third kappa shape index (κ3) is 3.05. The average Bonchev–Trinajstić information content (AvgIpc) is 2.41. The van der Waals surface area contributed by atoms with Gasteiger partial charge in [0.2, 0.25) is 0 Å². The van der Waals surface area contributed by atoms with Gasteiger partial charge in [-0.15, -0.1) is 0 Å². The molecule has 0 atom stereocenters. The van der Waals surface area contributed by atoms with Crippen molar-refractivity contribution < 1.29 is 4.79 Å². The summed E-state index contributed by atoms with van der Waals surface area (Å²) >= 11 is 5.83. The Kier molecular flexibility index (Phi) is 3.89. The zero-order chi connectivity index (χ0) is 13.0. The van der Waals surface area contributed by atoms with Crippen molar-refractivity contribution in [2.45, 2.75) is 13.5 Å². The van der Waals surface area contributed by atoms with Crippen LogP contribution in [0.15, 0.2) is 36.8 Å². The predicted octanol–water partition coefficient (Wildman–Crippen LogP) is 2.37. The Bertz CT molecular complexity index is 557. The molecule has 0 unspecified atom stereocenters. The van der Waals surface area contributed by atoms with Crippen LogP contribution in [0, 0.1) is 6.92 Å². The van der Waals surface area contributed by atoms with Crippen molar-refractivity contribution in [2.75, 3.05) is 0 Å². The van der Waals surface area contributed by atoms with Gasteiger partial charge < -0.3 is 5.32 Å². The van der Waals surface area contributed by atoms with Crippen LogP contribution in [0.3, 0.4) is 0 Å². The van der Waals surface area contributed by atoms with Crippen molar-refractivity contribution in [3.05, 3.63) is 58.6 Å². The second kappa shape index (κ2) is 5.60. The summed E-state index contributed by atoms with van der Waals surface area (Å²) in [6, 6.07) is 5.34. The Morgan fingerprint density at radius 2 is 2.28 bits per heavy atom. The van der Waals surface area contributed by atoms with Crippen molar-refractivity contribution in [3.8, 4) is 0 Å². The minimum atomic E-state index is -0.157. The van der Waals surface area contributed by atoms with E-state index in [9.17, 15) is 4.79 Å². The normalized spacial score (nSPS) is 10.1. The van der Waals surface area contributed by atoms with Gasteiger partial charge in [-0.3, -0.25) is 9.78 Å². The summed E-state index contributed by atoms with van der Waals surface area (Å²) in [7, 11) is 0. The van der Waals surface area contributed by atoms with E-state index in [1.165, 1.54) is 6.20 Å². The van der Waals surface area contributed by atoms with Gasteiger partial charge in [0.05, 0.1) is 5.56 Å². The fourth-order valence-electron chi connectivity index (χ4n) is 1.49. The number of aryl methyl sites for hydroxylation is 1. The molecule has 0 aliphatic heterocycles. The Labute approximate surface area is 110 Å². The predicted molar refractivity (Wildman–Crippen MR) is 69.4 cm³/mol. The van der Waals surface area contributed by atoms with E-state index in [-0.39, 0.29) is 5.91 Å². The second-order valence-electron chi connectivity index (χ2n) is 3.88. The number of aromatic nitrogens is 2. The van der Waals surface area contributed by atoms with E-state index in [1.54, 1.807) is 24.5 Å². The van der Waals surface area contributed by atoms with E-state index in [2.05, 4.69) is 15.3 Å². The first kappa shape index (κ1) is 12.5. The van der Waals surface area contributed by atoms with E-state index < -0.39 is 0 Å². The lowest BCUT2D eigenvalue weighted by Gasteiger charge is -2.06. The third-order valence-corrected chi connectivity index (χ3v) is 2.84. The number of pyridine rings is 2. The molecule has 2 rings (SSSR count). The van der Waals surface area contributed by atoms with E-state index in [0.717, 1.165) is 11.1 Å². The number of amides is 1. The Morgan fingerprint density at radius 3 is 2.94 bits per heavy atom. The summed E-state index contributed by atoms with van der Waals surface area (Å²) in [4.78, 5) is 19.7. The van der Waals surface area contributed by atoms with Crippen LogP contribution in [0.4, 0.5) is 0 Å². The molecule has 1 amide bonds. The van der Waals surface area contributed by atoms with E-state index >= 15 is 0 Å². The summed E-state index contributed by atoms with van der Waals surface area (Å²) in [5.74, 6) is -0.157. The van der Waals surface area contributed by atoms with Crippen LogP contribution in [0.1, 0.15) is 21.5 Å². The molecule has 92 valence electrons. The largest absolute Gasteiger partial charge is 0.348 e. The quantitative estimate of drug-likeness (QED) is 0.863. The number of carbonyl (C=O) groups excluding carboxylic acids is 1. The first-order valence-electron chi connectivity index (χ1n) is 5.46. The molecule has 0 spiro atoms. The van der Waals surface area contributed by atoms with Gasteiger partial charge in [0.1, 0.15) is 5.15 Å². The van der Waals surface area contributed by atoms with E-state index in [0.29, 0.717) is 17.3 Å². The highest BCUT2D eigenvalue weighted by Gasteiger charge is 2.05. The number of hydrogen-bond acceptors (Lipinski definition) is 3. The van der Waals surface area contributed by atoms with Crippen molar-refractivity contribution in [2.24, 2.45) is 0 Å². The smallest absolute Gasteiger partial charge is 0.253 e. The Hall–Kier alpha value is -1.94. The average molecular weight is 262 g/mol. The van der Waals surface area contributed by atoms with Gasteiger partial charge in [-0.1, -0.05) is 11.6 Å². The van der Waals surface area contributed by atoms with Crippen molar-refractivity contribution in [1.29, 1.82) is 0 Å². The third-order valence-electron chi connectivity index (χ3n) is 2.45. The summed E-state index contributed by atoms with van der Waals surface area (Å²) in [6.45, 7) is 2.29. The minimum absolute atomic E-state index is 0.157. The summed E-state index contributed by atoms with van der Waals surface area (Å²) in [5, 5.41) is 3.28. The monoisotopic (exact) mass is 261 g/mol. The maximum absolute atomic E-state index is 11.8. The van der Waals surface area contributed by atoms with Gasteiger partial charge in [0, 0.05) is 25.1 Å². The summed E-state index contributed by atoms with van der Waals surface area (Å²) in [5.41, 5.74) is 2.34. The Balaban J connectivity index is 1.99. The molecule has 5 heteroatoms. The lowest BCUT2D eigenvalue weighted by Crippen LogP contribution is -2.22. The summed E-state index contributed by atoms with van der Waals surface area (Å²) in [6.07, 6.45) is 4.81. The zero-order valence-electron chi connectivity index (χ0n) is 9.85. The van der Waals surface area contributed by atoms with Gasteiger partial charge >= 0.3 is 0 Å². The van der Waals surface area contributed by atoms with Crippen LogP contribution in [-0.4, -0.2) is 15.9 Å². The highest BCUT2D eigenvalue weighted by Crippen LogP contribution is 2.12. The molecule has 0 aromatic carbocycles. The number of halogens is 1. The molecule has 1 N–H and O–H groups in total. The molecular formula is C13H12ClN3O. The van der Waals surface area contributed by atoms with Crippen molar-refractivity contribution in [3.63, 3.8) is 0 Å². The molecule has 0 saturated heterocycles. The minimum Gasteiger partial charge on any atom is -0.348 e. The highest BCUT2D eigenvalue weighted by molar-refractivity contribution is 6.30. The SMILES string of the molecule is Cc1cc(CNC(=O)c2cccnc2)cnc1Cl. The lowest BCUT2D eigenvalue weighted by atomic mass is 10.2. The van der Waals surface area contributed by atoms with E-state index in [4.69, 9.17) is 11.6 Å². The molecule has 0 fully saturated rings. The van der Waals surface area contributed by atoms with Gasteiger partial charge in [-0.2, -0.15) is 0 Å². The van der Waals surface area contributed by atoms with Crippen LogP contribution >= 0.6 is 11.6 Å². The molecule has 2 aromatic heterocycles. The molecule has 4 nitrogen and oxygen atoms in total. The second-order valence-corrected chi connectivity index (χ2v) is 4.23. The maximum Gasteiger partial charge on any atom is 0.253 e.